The summed E-state index contributed by atoms with van der Waals surface area (Å²) in [5.41, 5.74) is 0. The van der Waals surface area contributed by atoms with E-state index in [0.29, 0.717) is 11.3 Å². The number of halogens is 1. The van der Waals surface area contributed by atoms with Crippen LogP contribution in [0.5, 0.6) is 0 Å². The molecule has 0 amide bonds. The number of rotatable bonds is 3. The molecule has 0 spiro atoms. The number of nitrogens with zero attached hydrogens (tertiary/aromatic N) is 2. The normalized spacial score (nSPS) is 22.2. The fourth-order valence-electron chi connectivity index (χ4n) is 1.36. The van der Waals surface area contributed by atoms with E-state index in [1.807, 2.05) is 11.8 Å². The highest BCUT2D eigenvalue weighted by Gasteiger charge is 2.23. The second kappa shape index (κ2) is 5.25. The molecule has 0 aromatic carbocycles. The summed E-state index contributed by atoms with van der Waals surface area (Å²) < 4.78 is 0. The lowest BCUT2D eigenvalue weighted by Gasteiger charge is -2.26. The molecule has 1 heterocycles. The van der Waals surface area contributed by atoms with Gasteiger partial charge in [-0.05, 0) is 20.8 Å². The average Bonchev–Trinajstić information content (AvgIpc) is 2.53. The maximum atomic E-state index is 4.56. The fraction of sp³-hybridized carbons (Fsp3) is 0.889. The molecule has 0 aromatic rings. The lowest BCUT2D eigenvalue weighted by Crippen LogP contribution is -2.34. The van der Waals surface area contributed by atoms with E-state index < -0.39 is 0 Å². The van der Waals surface area contributed by atoms with Crippen molar-refractivity contribution in [2.45, 2.75) is 32.1 Å². The Balaban J connectivity index is 2.52. The van der Waals surface area contributed by atoms with Gasteiger partial charge in [0, 0.05) is 23.2 Å². The average molecular weight is 265 g/mol. The molecule has 0 radical (unpaired) electrons. The molecule has 2 nitrogen and oxygen atoms in total. The van der Waals surface area contributed by atoms with Gasteiger partial charge in [0.25, 0.3) is 0 Å². The van der Waals surface area contributed by atoms with Crippen LogP contribution in [0.2, 0.25) is 0 Å². The quantitative estimate of drug-likeness (QED) is 0.729. The minimum atomic E-state index is 0.560. The minimum Gasteiger partial charge on any atom is -0.349 e. The molecule has 4 heteroatoms. The molecule has 0 bridgehead atoms. The van der Waals surface area contributed by atoms with Crippen LogP contribution in [-0.2, 0) is 0 Å². The molecule has 0 aliphatic carbocycles. The van der Waals surface area contributed by atoms with Crippen molar-refractivity contribution in [3.63, 3.8) is 0 Å². The molecule has 1 rings (SSSR count). The van der Waals surface area contributed by atoms with Crippen molar-refractivity contribution in [2.24, 2.45) is 4.99 Å². The molecular formula is C9H17BrN2S. The van der Waals surface area contributed by atoms with Crippen LogP contribution in [0.4, 0.5) is 0 Å². The molecule has 76 valence electrons. The molecule has 0 saturated carbocycles. The molecule has 0 fully saturated rings. The highest BCUT2D eigenvalue weighted by atomic mass is 79.9. The van der Waals surface area contributed by atoms with E-state index in [1.54, 1.807) is 0 Å². The van der Waals surface area contributed by atoms with Gasteiger partial charge in [0.05, 0.1) is 6.54 Å². The molecule has 1 atom stereocenters. The third-order valence-electron chi connectivity index (χ3n) is 2.08. The molecule has 0 aromatic heterocycles. The van der Waals surface area contributed by atoms with E-state index in [2.05, 4.69) is 46.6 Å². The van der Waals surface area contributed by atoms with Crippen molar-refractivity contribution in [1.82, 2.24) is 4.90 Å². The van der Waals surface area contributed by atoms with Crippen molar-refractivity contribution in [3.8, 4) is 0 Å². The first-order valence-electron chi connectivity index (χ1n) is 4.72. The first-order valence-corrected chi connectivity index (χ1v) is 6.72. The second-order valence-corrected chi connectivity index (χ2v) is 5.31. The van der Waals surface area contributed by atoms with Gasteiger partial charge in [0.15, 0.2) is 5.17 Å². The van der Waals surface area contributed by atoms with Crippen LogP contribution in [0, 0.1) is 0 Å². The number of thioether (sulfide) groups is 1. The molecule has 0 N–H and O–H groups in total. The predicted octanol–water partition coefficient (Wildman–Crippen LogP) is 2.58. The molecule has 13 heavy (non-hydrogen) atoms. The summed E-state index contributed by atoms with van der Waals surface area (Å²) >= 11 is 5.40. The van der Waals surface area contributed by atoms with E-state index in [1.165, 1.54) is 5.17 Å². The molecule has 0 saturated heterocycles. The smallest absolute Gasteiger partial charge is 0.159 e. The number of alkyl halides is 1. The third-order valence-corrected chi connectivity index (χ3v) is 4.52. The molecule has 1 aliphatic rings. The lowest BCUT2D eigenvalue weighted by molar-refractivity contribution is 0.374. The van der Waals surface area contributed by atoms with E-state index in [9.17, 15) is 0 Å². The zero-order valence-corrected chi connectivity index (χ0v) is 10.9. The number of hydrogen-bond acceptors (Lipinski definition) is 3. The summed E-state index contributed by atoms with van der Waals surface area (Å²) in [4.78, 5) is 6.91. The van der Waals surface area contributed by atoms with Crippen LogP contribution in [0.3, 0.4) is 0 Å². The Bertz CT molecular complexity index is 194. The Labute approximate surface area is 93.3 Å². The number of hydrogen-bond donors (Lipinski definition) is 0. The van der Waals surface area contributed by atoms with E-state index in [-0.39, 0.29) is 0 Å². The van der Waals surface area contributed by atoms with Gasteiger partial charge in [0.1, 0.15) is 0 Å². The SMILES string of the molecule is CCN(C1=NCC(CBr)S1)C(C)C. The van der Waals surface area contributed by atoms with Gasteiger partial charge in [-0.15, -0.1) is 0 Å². The van der Waals surface area contributed by atoms with Crippen LogP contribution in [0.15, 0.2) is 4.99 Å². The standard InChI is InChI=1S/C9H17BrN2S/c1-4-12(7(2)3)9-11-6-8(5-10)13-9/h7-8H,4-6H2,1-3H3. The van der Waals surface area contributed by atoms with Crippen molar-refractivity contribution in [1.29, 1.82) is 0 Å². The Kier molecular flexibility index (Phi) is 4.59. The Morgan fingerprint density at radius 3 is 2.77 bits per heavy atom. The maximum Gasteiger partial charge on any atom is 0.159 e. The third kappa shape index (κ3) is 2.88. The van der Waals surface area contributed by atoms with Gasteiger partial charge in [-0.2, -0.15) is 0 Å². The predicted molar refractivity (Wildman–Crippen MR) is 65.0 cm³/mol. The second-order valence-electron chi connectivity index (χ2n) is 3.40. The summed E-state index contributed by atoms with van der Waals surface area (Å²) in [6.45, 7) is 8.64. The largest absolute Gasteiger partial charge is 0.349 e. The first-order chi connectivity index (χ1) is 6.19. The minimum absolute atomic E-state index is 0.560. The van der Waals surface area contributed by atoms with E-state index in [4.69, 9.17) is 0 Å². The van der Waals surface area contributed by atoms with Crippen LogP contribution in [0.1, 0.15) is 20.8 Å². The molecule has 1 unspecified atom stereocenters. The Morgan fingerprint density at radius 2 is 2.38 bits per heavy atom. The summed E-state index contributed by atoms with van der Waals surface area (Å²) in [5, 5.41) is 2.91. The number of amidine groups is 1. The van der Waals surface area contributed by atoms with Gasteiger partial charge in [-0.1, -0.05) is 27.7 Å². The van der Waals surface area contributed by atoms with Crippen molar-refractivity contribution >= 4 is 32.9 Å². The van der Waals surface area contributed by atoms with Crippen LogP contribution in [0.25, 0.3) is 0 Å². The van der Waals surface area contributed by atoms with Crippen LogP contribution < -0.4 is 0 Å². The zero-order chi connectivity index (χ0) is 9.84. The van der Waals surface area contributed by atoms with Gasteiger partial charge < -0.3 is 4.90 Å². The highest BCUT2D eigenvalue weighted by molar-refractivity contribution is 9.09. The van der Waals surface area contributed by atoms with E-state index in [0.717, 1.165) is 18.4 Å². The Hall–Kier alpha value is 0.300. The van der Waals surface area contributed by atoms with Crippen LogP contribution >= 0.6 is 27.7 Å². The number of aliphatic imine (C=N–C) groups is 1. The Morgan fingerprint density at radius 1 is 1.69 bits per heavy atom. The fourth-order valence-corrected chi connectivity index (χ4v) is 3.10. The topological polar surface area (TPSA) is 15.6 Å². The summed E-state index contributed by atoms with van der Waals surface area (Å²) in [5.74, 6) is 0. The van der Waals surface area contributed by atoms with Crippen molar-refractivity contribution < 1.29 is 0 Å². The lowest BCUT2D eigenvalue weighted by atomic mass is 10.3. The maximum absolute atomic E-state index is 4.56. The highest BCUT2D eigenvalue weighted by Crippen LogP contribution is 2.25. The van der Waals surface area contributed by atoms with Gasteiger partial charge >= 0.3 is 0 Å². The van der Waals surface area contributed by atoms with Gasteiger partial charge in [-0.3, -0.25) is 4.99 Å². The van der Waals surface area contributed by atoms with Crippen molar-refractivity contribution in [3.05, 3.63) is 0 Å². The van der Waals surface area contributed by atoms with E-state index >= 15 is 0 Å². The summed E-state index contributed by atoms with van der Waals surface area (Å²) in [6, 6.07) is 0.560. The monoisotopic (exact) mass is 264 g/mol. The molecule has 1 aliphatic heterocycles. The van der Waals surface area contributed by atoms with Gasteiger partial charge in [0.2, 0.25) is 0 Å². The van der Waals surface area contributed by atoms with Crippen molar-refractivity contribution in [2.75, 3.05) is 18.4 Å². The van der Waals surface area contributed by atoms with Crippen LogP contribution in [-0.4, -0.2) is 39.8 Å². The molecular weight excluding hydrogens is 248 g/mol. The summed E-state index contributed by atoms with van der Waals surface area (Å²) in [6.07, 6.45) is 0. The van der Waals surface area contributed by atoms with Gasteiger partial charge in [-0.25, -0.2) is 0 Å². The summed E-state index contributed by atoms with van der Waals surface area (Å²) in [7, 11) is 0. The zero-order valence-electron chi connectivity index (χ0n) is 8.46. The first kappa shape index (κ1) is 11.4.